The first-order valence-corrected chi connectivity index (χ1v) is 8.06. The Labute approximate surface area is 133 Å². The molecule has 1 atom stereocenters. The molecule has 0 radical (unpaired) electrons. The molecule has 1 aromatic rings. The fourth-order valence-corrected chi connectivity index (χ4v) is 2.23. The van der Waals surface area contributed by atoms with Crippen molar-refractivity contribution < 1.29 is 18.1 Å². The minimum Gasteiger partial charge on any atom is -0.384 e. The zero-order valence-corrected chi connectivity index (χ0v) is 14.6. The summed E-state index contributed by atoms with van der Waals surface area (Å²) in [5.74, 6) is -3.40. The van der Waals surface area contributed by atoms with Crippen LogP contribution in [-0.4, -0.2) is 25.4 Å². The molecule has 0 heterocycles. The fourth-order valence-electron chi connectivity index (χ4n) is 1.61. The zero-order chi connectivity index (χ0) is 17.3. The van der Waals surface area contributed by atoms with Gasteiger partial charge in [0.1, 0.15) is 16.6 Å². The standard InChI is InChI=1S/C16H23F2NO2S/c1-11(19-22(21)14(2,3)4)12-8-7-9-13(10-12)16(17,18)15(5,6)20/h7-10,20H,1-6H3/b19-11+/t22-/m1/s1. The van der Waals surface area contributed by atoms with E-state index < -0.39 is 27.3 Å². The molecule has 0 aliphatic carbocycles. The minimum atomic E-state index is -3.40. The van der Waals surface area contributed by atoms with Crippen LogP contribution < -0.4 is 0 Å². The fraction of sp³-hybridized carbons (Fsp3) is 0.562. The third-order valence-corrected chi connectivity index (χ3v) is 4.64. The maximum Gasteiger partial charge on any atom is 0.300 e. The van der Waals surface area contributed by atoms with Gasteiger partial charge in [0.2, 0.25) is 0 Å². The largest absolute Gasteiger partial charge is 0.384 e. The minimum absolute atomic E-state index is 0.298. The summed E-state index contributed by atoms with van der Waals surface area (Å²) in [6, 6.07) is 5.64. The van der Waals surface area contributed by atoms with Crippen LogP contribution in [0.3, 0.4) is 0 Å². The van der Waals surface area contributed by atoms with Crippen LogP contribution in [0.25, 0.3) is 0 Å². The van der Waals surface area contributed by atoms with Crippen molar-refractivity contribution >= 4 is 16.7 Å². The summed E-state index contributed by atoms with van der Waals surface area (Å²) in [6.45, 7) is 9.13. The molecule has 0 saturated heterocycles. The first-order valence-electron chi connectivity index (χ1n) is 6.95. The van der Waals surface area contributed by atoms with E-state index in [2.05, 4.69) is 4.40 Å². The first kappa shape index (κ1) is 18.9. The quantitative estimate of drug-likeness (QED) is 0.853. The molecule has 0 unspecified atom stereocenters. The molecule has 0 aromatic heterocycles. The summed E-state index contributed by atoms with van der Waals surface area (Å²) in [4.78, 5) is 0. The lowest BCUT2D eigenvalue weighted by molar-refractivity contribution is -0.168. The maximum absolute atomic E-state index is 14.2. The van der Waals surface area contributed by atoms with Crippen molar-refractivity contribution in [1.29, 1.82) is 0 Å². The molecular weight excluding hydrogens is 308 g/mol. The average Bonchev–Trinajstić information content (AvgIpc) is 2.36. The molecule has 0 aliphatic rings. The van der Waals surface area contributed by atoms with Crippen LogP contribution in [0.1, 0.15) is 52.7 Å². The van der Waals surface area contributed by atoms with Crippen LogP contribution in [0, 0.1) is 0 Å². The SMILES string of the molecule is C/C(=N\[S@](=O)C(C)(C)C)c1cccc(C(F)(F)C(C)(C)O)c1. The Morgan fingerprint density at radius 1 is 1.18 bits per heavy atom. The molecule has 0 bridgehead atoms. The smallest absolute Gasteiger partial charge is 0.300 e. The van der Waals surface area contributed by atoms with E-state index >= 15 is 0 Å². The third-order valence-electron chi connectivity index (χ3n) is 3.15. The molecule has 0 amide bonds. The van der Waals surface area contributed by atoms with Crippen LogP contribution in [0.15, 0.2) is 28.7 Å². The van der Waals surface area contributed by atoms with Crippen LogP contribution in [0.5, 0.6) is 0 Å². The molecule has 0 fully saturated rings. The number of halogens is 2. The predicted octanol–water partition coefficient (Wildman–Crippen LogP) is 3.82. The molecule has 22 heavy (non-hydrogen) atoms. The second-order valence-corrected chi connectivity index (χ2v) is 8.66. The Hall–Kier alpha value is -1.14. The van der Waals surface area contributed by atoms with E-state index in [1.54, 1.807) is 33.8 Å². The molecule has 0 saturated carbocycles. The highest BCUT2D eigenvalue weighted by molar-refractivity contribution is 7.85. The zero-order valence-electron chi connectivity index (χ0n) is 13.8. The lowest BCUT2D eigenvalue weighted by atomic mass is 9.92. The van der Waals surface area contributed by atoms with Gasteiger partial charge in [0, 0.05) is 5.56 Å². The van der Waals surface area contributed by atoms with E-state index in [4.69, 9.17) is 0 Å². The topological polar surface area (TPSA) is 49.7 Å². The van der Waals surface area contributed by atoms with Crippen molar-refractivity contribution in [2.24, 2.45) is 4.40 Å². The van der Waals surface area contributed by atoms with Gasteiger partial charge < -0.3 is 5.11 Å². The summed E-state index contributed by atoms with van der Waals surface area (Å²) in [5.41, 5.74) is -1.60. The van der Waals surface area contributed by atoms with Gasteiger partial charge in [-0.05, 0) is 53.2 Å². The van der Waals surface area contributed by atoms with Gasteiger partial charge in [-0.1, -0.05) is 18.2 Å². The van der Waals surface area contributed by atoms with Crippen molar-refractivity contribution in [3.05, 3.63) is 35.4 Å². The van der Waals surface area contributed by atoms with Gasteiger partial charge in [0.05, 0.1) is 10.5 Å². The van der Waals surface area contributed by atoms with Gasteiger partial charge in [-0.3, -0.25) is 0 Å². The molecule has 124 valence electrons. The molecule has 0 aliphatic heterocycles. The third kappa shape index (κ3) is 4.20. The summed E-state index contributed by atoms with van der Waals surface area (Å²) in [6.07, 6.45) is 0. The van der Waals surface area contributed by atoms with Crippen LogP contribution in [-0.2, 0) is 16.9 Å². The Balaban J connectivity index is 3.23. The Morgan fingerprint density at radius 3 is 2.18 bits per heavy atom. The second kappa shape index (κ2) is 6.16. The summed E-state index contributed by atoms with van der Waals surface area (Å²) < 4.78 is 44.0. The second-order valence-electron chi connectivity index (χ2n) is 6.75. The van der Waals surface area contributed by atoms with Gasteiger partial charge in [0.15, 0.2) is 0 Å². The highest BCUT2D eigenvalue weighted by Gasteiger charge is 2.47. The number of rotatable bonds is 4. The first-order chi connectivity index (χ1) is 9.76. The van der Waals surface area contributed by atoms with Crippen molar-refractivity contribution in [3.63, 3.8) is 0 Å². The molecule has 1 rings (SSSR count). The highest BCUT2D eigenvalue weighted by Crippen LogP contribution is 2.38. The van der Waals surface area contributed by atoms with E-state index in [9.17, 15) is 18.1 Å². The van der Waals surface area contributed by atoms with E-state index in [0.29, 0.717) is 11.3 Å². The Kier molecular flexibility index (Phi) is 5.30. The van der Waals surface area contributed by atoms with E-state index in [1.165, 1.54) is 18.2 Å². The molecule has 3 nitrogen and oxygen atoms in total. The monoisotopic (exact) mass is 331 g/mol. The molecule has 1 N–H and O–H groups in total. The lowest BCUT2D eigenvalue weighted by Crippen LogP contribution is -2.40. The van der Waals surface area contributed by atoms with Gasteiger partial charge in [-0.2, -0.15) is 13.2 Å². The summed E-state index contributed by atoms with van der Waals surface area (Å²) in [5, 5.41) is 9.65. The van der Waals surface area contributed by atoms with Crippen molar-refractivity contribution in [2.75, 3.05) is 0 Å². The highest BCUT2D eigenvalue weighted by atomic mass is 32.2. The van der Waals surface area contributed by atoms with Crippen LogP contribution in [0.4, 0.5) is 8.78 Å². The van der Waals surface area contributed by atoms with Crippen molar-refractivity contribution in [3.8, 4) is 0 Å². The molecular formula is C16H23F2NO2S. The van der Waals surface area contributed by atoms with Gasteiger partial charge in [-0.15, -0.1) is 0 Å². The summed E-state index contributed by atoms with van der Waals surface area (Å²) >= 11 is 0. The van der Waals surface area contributed by atoms with Crippen LogP contribution in [0.2, 0.25) is 0 Å². The molecule has 0 spiro atoms. The van der Waals surface area contributed by atoms with Crippen LogP contribution >= 0.6 is 0 Å². The Bertz CT molecular complexity index is 599. The molecule has 1 aromatic carbocycles. The van der Waals surface area contributed by atoms with E-state index in [-0.39, 0.29) is 5.56 Å². The van der Waals surface area contributed by atoms with E-state index in [1.807, 2.05) is 0 Å². The Morgan fingerprint density at radius 2 is 1.73 bits per heavy atom. The molecule has 6 heteroatoms. The van der Waals surface area contributed by atoms with Gasteiger partial charge in [-0.25, -0.2) is 4.21 Å². The number of aliphatic hydroxyl groups is 1. The maximum atomic E-state index is 14.2. The number of hydrogen-bond acceptors (Lipinski definition) is 2. The normalized spacial score (nSPS) is 15.8. The summed E-state index contributed by atoms with van der Waals surface area (Å²) in [7, 11) is -1.46. The van der Waals surface area contributed by atoms with Gasteiger partial charge in [0.25, 0.3) is 0 Å². The average molecular weight is 331 g/mol. The van der Waals surface area contributed by atoms with Crippen molar-refractivity contribution in [1.82, 2.24) is 0 Å². The van der Waals surface area contributed by atoms with E-state index in [0.717, 1.165) is 13.8 Å². The number of hydrogen-bond donors (Lipinski definition) is 1. The number of alkyl halides is 2. The van der Waals surface area contributed by atoms with Gasteiger partial charge >= 0.3 is 5.92 Å². The van der Waals surface area contributed by atoms with Crippen molar-refractivity contribution in [2.45, 2.75) is 57.8 Å². The number of benzene rings is 1. The number of nitrogens with zero attached hydrogens (tertiary/aromatic N) is 1. The predicted molar refractivity (Wildman–Crippen MR) is 86.7 cm³/mol. The lowest BCUT2D eigenvalue weighted by Gasteiger charge is -2.29.